The van der Waals surface area contributed by atoms with Crippen molar-refractivity contribution in [3.63, 3.8) is 0 Å². The molecule has 3 N–H and O–H groups in total. The van der Waals surface area contributed by atoms with E-state index in [9.17, 15) is 9.59 Å². The van der Waals surface area contributed by atoms with Crippen LogP contribution in [0.15, 0.2) is 78.9 Å². The van der Waals surface area contributed by atoms with E-state index in [1.165, 1.54) is 0 Å². The fraction of sp³-hybridized carbons (Fsp3) is 0.167. The van der Waals surface area contributed by atoms with E-state index in [2.05, 4.69) is 5.32 Å². The van der Waals surface area contributed by atoms with Gasteiger partial charge in [0.15, 0.2) is 0 Å². The normalized spacial score (nSPS) is 11.4. The van der Waals surface area contributed by atoms with Gasteiger partial charge in [0, 0.05) is 18.6 Å². The highest BCUT2D eigenvalue weighted by molar-refractivity contribution is 6.30. The van der Waals surface area contributed by atoms with Crippen molar-refractivity contribution < 1.29 is 14.3 Å². The Morgan fingerprint density at radius 3 is 2.35 bits per heavy atom. The molecule has 0 fully saturated rings. The third-order valence-corrected chi connectivity index (χ3v) is 4.95. The second-order valence-corrected chi connectivity index (χ2v) is 7.57. The second-order valence-electron chi connectivity index (χ2n) is 7.13. The van der Waals surface area contributed by atoms with Crippen molar-refractivity contribution >= 4 is 23.5 Å². The van der Waals surface area contributed by atoms with Crippen LogP contribution in [0.3, 0.4) is 0 Å². The number of rotatable bonds is 8. The number of carbonyl (C=O) groups excluding carboxylic acids is 2. The SMILES string of the molecule is CN(Cc1ccc(Cl)cc1)C(=O)CC(NC(N)=O)c1cccc(Oc2ccccc2)c1. The van der Waals surface area contributed by atoms with Crippen LogP contribution in [0.25, 0.3) is 0 Å². The number of nitrogens with two attached hydrogens (primary N) is 1. The van der Waals surface area contributed by atoms with Gasteiger partial charge >= 0.3 is 6.03 Å². The number of halogens is 1. The quantitative estimate of drug-likeness (QED) is 0.526. The molecule has 7 heteroatoms. The predicted octanol–water partition coefficient (Wildman–Crippen LogP) is 4.89. The molecule has 1 unspecified atom stereocenters. The maximum atomic E-state index is 12.8. The fourth-order valence-electron chi connectivity index (χ4n) is 3.13. The van der Waals surface area contributed by atoms with E-state index >= 15 is 0 Å². The molecule has 160 valence electrons. The summed E-state index contributed by atoms with van der Waals surface area (Å²) >= 11 is 5.92. The van der Waals surface area contributed by atoms with Gasteiger partial charge in [0.1, 0.15) is 11.5 Å². The van der Waals surface area contributed by atoms with E-state index in [0.717, 1.165) is 11.1 Å². The molecule has 0 aliphatic heterocycles. The van der Waals surface area contributed by atoms with Crippen molar-refractivity contribution in [2.75, 3.05) is 7.05 Å². The third-order valence-electron chi connectivity index (χ3n) is 4.69. The molecule has 0 aliphatic rings. The first kappa shape index (κ1) is 22.2. The Hall–Kier alpha value is -3.51. The number of nitrogens with zero attached hydrogens (tertiary/aromatic N) is 1. The topological polar surface area (TPSA) is 84.7 Å². The monoisotopic (exact) mass is 437 g/mol. The van der Waals surface area contributed by atoms with Crippen LogP contribution in [0.4, 0.5) is 4.79 Å². The van der Waals surface area contributed by atoms with Gasteiger partial charge in [-0.3, -0.25) is 4.79 Å². The van der Waals surface area contributed by atoms with Crippen molar-refractivity contribution in [1.82, 2.24) is 10.2 Å². The molecule has 3 aromatic rings. The lowest BCUT2D eigenvalue weighted by atomic mass is 10.0. The predicted molar refractivity (Wildman–Crippen MR) is 121 cm³/mol. The minimum atomic E-state index is -0.701. The summed E-state index contributed by atoms with van der Waals surface area (Å²) < 4.78 is 5.87. The van der Waals surface area contributed by atoms with Crippen molar-refractivity contribution in [3.05, 3.63) is 95.0 Å². The molecule has 0 radical (unpaired) electrons. The number of para-hydroxylation sites is 1. The molecule has 0 saturated heterocycles. The Labute approximate surface area is 186 Å². The van der Waals surface area contributed by atoms with Crippen LogP contribution >= 0.6 is 11.6 Å². The highest BCUT2D eigenvalue weighted by Crippen LogP contribution is 2.26. The fourth-order valence-corrected chi connectivity index (χ4v) is 3.25. The van der Waals surface area contributed by atoms with Crippen molar-refractivity contribution in [2.45, 2.75) is 19.0 Å². The van der Waals surface area contributed by atoms with Crippen molar-refractivity contribution in [2.24, 2.45) is 5.73 Å². The van der Waals surface area contributed by atoms with Gasteiger partial charge in [-0.1, -0.05) is 54.1 Å². The van der Waals surface area contributed by atoms with Crippen LogP contribution in [0.1, 0.15) is 23.6 Å². The van der Waals surface area contributed by atoms with E-state index in [4.69, 9.17) is 22.1 Å². The van der Waals surface area contributed by atoms with Gasteiger partial charge in [0.25, 0.3) is 0 Å². The molecule has 0 heterocycles. The summed E-state index contributed by atoms with van der Waals surface area (Å²) in [5, 5.41) is 3.30. The zero-order chi connectivity index (χ0) is 22.2. The number of carbonyl (C=O) groups is 2. The summed E-state index contributed by atoms with van der Waals surface area (Å²) in [7, 11) is 1.72. The lowest BCUT2D eigenvalue weighted by Crippen LogP contribution is -2.37. The molecule has 3 amide bonds. The minimum absolute atomic E-state index is 0.0574. The summed E-state index contributed by atoms with van der Waals surface area (Å²) in [4.78, 5) is 26.0. The molecule has 3 aromatic carbocycles. The summed E-state index contributed by atoms with van der Waals surface area (Å²) in [5.74, 6) is 1.16. The molecule has 31 heavy (non-hydrogen) atoms. The number of benzene rings is 3. The zero-order valence-corrected chi connectivity index (χ0v) is 17.9. The van der Waals surface area contributed by atoms with E-state index in [1.807, 2.05) is 60.7 Å². The summed E-state index contributed by atoms with van der Waals surface area (Å²) in [5.41, 5.74) is 7.04. The third kappa shape index (κ3) is 6.76. The lowest BCUT2D eigenvalue weighted by Gasteiger charge is -2.23. The lowest BCUT2D eigenvalue weighted by molar-refractivity contribution is -0.130. The van der Waals surface area contributed by atoms with Crippen LogP contribution < -0.4 is 15.8 Å². The molecule has 6 nitrogen and oxygen atoms in total. The molecule has 1 atom stereocenters. The van der Waals surface area contributed by atoms with Gasteiger partial charge in [-0.05, 0) is 47.5 Å². The molecule has 3 rings (SSSR count). The average Bonchev–Trinajstić information content (AvgIpc) is 2.75. The number of urea groups is 1. The Balaban J connectivity index is 1.72. The minimum Gasteiger partial charge on any atom is -0.457 e. The highest BCUT2D eigenvalue weighted by Gasteiger charge is 2.20. The Morgan fingerprint density at radius 2 is 1.68 bits per heavy atom. The maximum absolute atomic E-state index is 12.8. The molecule has 0 saturated carbocycles. The molecular weight excluding hydrogens is 414 g/mol. The molecule has 0 spiro atoms. The molecule has 0 aliphatic carbocycles. The van der Waals surface area contributed by atoms with Gasteiger partial charge in [-0.15, -0.1) is 0 Å². The molecule has 0 aromatic heterocycles. The van der Waals surface area contributed by atoms with Gasteiger partial charge in [0.05, 0.1) is 12.5 Å². The first-order valence-corrected chi connectivity index (χ1v) is 10.2. The summed E-state index contributed by atoms with van der Waals surface area (Å²) in [6.45, 7) is 0.427. The Bertz CT molecular complexity index is 1030. The van der Waals surface area contributed by atoms with Crippen LogP contribution in [0, 0.1) is 0 Å². The number of nitrogens with one attached hydrogen (secondary N) is 1. The van der Waals surface area contributed by atoms with Gasteiger partial charge in [-0.25, -0.2) is 4.79 Å². The largest absolute Gasteiger partial charge is 0.457 e. The summed E-state index contributed by atoms with van der Waals surface area (Å²) in [6, 6.07) is 22.6. The smallest absolute Gasteiger partial charge is 0.312 e. The highest BCUT2D eigenvalue weighted by atomic mass is 35.5. The summed E-state index contributed by atoms with van der Waals surface area (Å²) in [6.07, 6.45) is 0.0574. The maximum Gasteiger partial charge on any atom is 0.312 e. The van der Waals surface area contributed by atoms with Crippen LogP contribution in [-0.4, -0.2) is 23.9 Å². The first-order chi connectivity index (χ1) is 14.9. The molecule has 0 bridgehead atoms. The number of hydrogen-bond acceptors (Lipinski definition) is 3. The number of primary amides is 1. The van der Waals surface area contributed by atoms with Crippen molar-refractivity contribution in [3.8, 4) is 11.5 Å². The Morgan fingerprint density at radius 1 is 1.00 bits per heavy atom. The second kappa shape index (κ2) is 10.5. The number of ether oxygens (including phenoxy) is 1. The standard InChI is InChI=1S/C24H24ClN3O3/c1-28(16-17-10-12-19(25)13-11-17)23(29)15-22(27-24(26)30)18-6-5-9-21(14-18)31-20-7-3-2-4-8-20/h2-14,22H,15-16H2,1H3,(H3,26,27,30). The molecular formula is C24H24ClN3O3. The van der Waals surface area contributed by atoms with Crippen molar-refractivity contribution in [1.29, 1.82) is 0 Å². The van der Waals surface area contributed by atoms with Gasteiger partial charge in [-0.2, -0.15) is 0 Å². The van der Waals surface area contributed by atoms with Crippen LogP contribution in [0.5, 0.6) is 11.5 Å². The zero-order valence-electron chi connectivity index (χ0n) is 17.1. The van der Waals surface area contributed by atoms with Gasteiger partial charge < -0.3 is 20.7 Å². The van der Waals surface area contributed by atoms with E-state index < -0.39 is 12.1 Å². The van der Waals surface area contributed by atoms with E-state index in [-0.39, 0.29) is 12.3 Å². The number of hydrogen-bond donors (Lipinski definition) is 2. The first-order valence-electron chi connectivity index (χ1n) is 9.78. The Kier molecular flexibility index (Phi) is 7.51. The van der Waals surface area contributed by atoms with E-state index in [1.54, 1.807) is 30.1 Å². The number of amides is 3. The van der Waals surface area contributed by atoms with Crippen LogP contribution in [-0.2, 0) is 11.3 Å². The average molecular weight is 438 g/mol. The van der Waals surface area contributed by atoms with Gasteiger partial charge in [0.2, 0.25) is 5.91 Å². The van der Waals surface area contributed by atoms with E-state index in [0.29, 0.717) is 23.1 Å². The van der Waals surface area contributed by atoms with Crippen LogP contribution in [0.2, 0.25) is 5.02 Å².